The quantitative estimate of drug-likeness (QED) is 0.907. The standard InChI is InChI=1S/C16H14ClF2NO/c1-10(11-3-6-14(18)7-4-11)20-16(21)8-12-2-5-13(17)9-15(12)19/h2-7,9-10H,8H2,1H3,(H,20,21)/t10-/m0/s1. The predicted molar refractivity (Wildman–Crippen MR) is 78.1 cm³/mol. The zero-order valence-electron chi connectivity index (χ0n) is 11.4. The maximum Gasteiger partial charge on any atom is 0.225 e. The van der Waals surface area contributed by atoms with Crippen LogP contribution in [-0.4, -0.2) is 5.91 Å². The second-order valence-electron chi connectivity index (χ2n) is 4.75. The lowest BCUT2D eigenvalue weighted by atomic mass is 10.1. The van der Waals surface area contributed by atoms with Crippen LogP contribution in [0.2, 0.25) is 5.02 Å². The van der Waals surface area contributed by atoms with E-state index in [2.05, 4.69) is 5.32 Å². The Hall–Kier alpha value is -1.94. The minimum absolute atomic E-state index is 0.0749. The van der Waals surface area contributed by atoms with E-state index in [0.29, 0.717) is 0 Å². The molecule has 0 aliphatic rings. The Labute approximate surface area is 126 Å². The van der Waals surface area contributed by atoms with Crippen LogP contribution in [0.3, 0.4) is 0 Å². The van der Waals surface area contributed by atoms with Crippen LogP contribution in [0.25, 0.3) is 0 Å². The summed E-state index contributed by atoms with van der Waals surface area (Å²) >= 11 is 5.66. The number of hydrogen-bond donors (Lipinski definition) is 1. The van der Waals surface area contributed by atoms with Gasteiger partial charge in [0.2, 0.25) is 5.91 Å². The maximum atomic E-state index is 13.6. The summed E-state index contributed by atoms with van der Waals surface area (Å²) < 4.78 is 26.4. The Balaban J connectivity index is 1.99. The first kappa shape index (κ1) is 15.4. The van der Waals surface area contributed by atoms with Gasteiger partial charge in [-0.1, -0.05) is 29.8 Å². The van der Waals surface area contributed by atoms with Crippen LogP contribution >= 0.6 is 11.6 Å². The highest BCUT2D eigenvalue weighted by atomic mass is 35.5. The van der Waals surface area contributed by atoms with Crippen molar-refractivity contribution < 1.29 is 13.6 Å². The molecular formula is C16H14ClF2NO. The van der Waals surface area contributed by atoms with Crippen LogP contribution in [0.1, 0.15) is 24.1 Å². The highest BCUT2D eigenvalue weighted by Gasteiger charge is 2.12. The minimum atomic E-state index is -0.507. The van der Waals surface area contributed by atoms with Gasteiger partial charge in [-0.3, -0.25) is 4.79 Å². The van der Waals surface area contributed by atoms with Gasteiger partial charge in [0.15, 0.2) is 0 Å². The van der Waals surface area contributed by atoms with E-state index >= 15 is 0 Å². The number of nitrogens with one attached hydrogen (secondary N) is 1. The topological polar surface area (TPSA) is 29.1 Å². The highest BCUT2D eigenvalue weighted by Crippen LogP contribution is 2.16. The largest absolute Gasteiger partial charge is 0.349 e. The van der Waals surface area contributed by atoms with Crippen molar-refractivity contribution in [2.45, 2.75) is 19.4 Å². The van der Waals surface area contributed by atoms with E-state index in [4.69, 9.17) is 11.6 Å². The van der Waals surface area contributed by atoms with Crippen LogP contribution in [0.4, 0.5) is 8.78 Å². The molecule has 1 atom stereocenters. The van der Waals surface area contributed by atoms with E-state index in [9.17, 15) is 13.6 Å². The number of hydrogen-bond acceptors (Lipinski definition) is 1. The fourth-order valence-electron chi connectivity index (χ4n) is 1.97. The van der Waals surface area contributed by atoms with Gasteiger partial charge < -0.3 is 5.32 Å². The Kier molecular flexibility index (Phi) is 4.91. The van der Waals surface area contributed by atoms with E-state index in [0.717, 1.165) is 5.56 Å². The third-order valence-corrected chi connectivity index (χ3v) is 3.35. The van der Waals surface area contributed by atoms with Crippen molar-refractivity contribution in [1.29, 1.82) is 0 Å². The number of rotatable bonds is 4. The molecule has 0 aromatic heterocycles. The van der Waals surface area contributed by atoms with Crippen LogP contribution < -0.4 is 5.32 Å². The van der Waals surface area contributed by atoms with E-state index < -0.39 is 5.82 Å². The first-order valence-electron chi connectivity index (χ1n) is 6.44. The Morgan fingerprint density at radius 1 is 1.19 bits per heavy atom. The molecule has 2 aromatic rings. The molecule has 0 spiro atoms. The van der Waals surface area contributed by atoms with Crippen molar-refractivity contribution in [3.05, 3.63) is 70.2 Å². The lowest BCUT2D eigenvalue weighted by Crippen LogP contribution is -2.28. The van der Waals surface area contributed by atoms with Gasteiger partial charge in [0, 0.05) is 5.02 Å². The van der Waals surface area contributed by atoms with E-state index in [-0.39, 0.29) is 34.8 Å². The fourth-order valence-corrected chi connectivity index (χ4v) is 2.12. The summed E-state index contributed by atoms with van der Waals surface area (Å²) in [6.07, 6.45) is -0.0749. The lowest BCUT2D eigenvalue weighted by Gasteiger charge is -2.14. The monoisotopic (exact) mass is 309 g/mol. The van der Waals surface area contributed by atoms with Gasteiger partial charge in [0.05, 0.1) is 12.5 Å². The third kappa shape index (κ3) is 4.26. The van der Waals surface area contributed by atoms with Crippen molar-refractivity contribution in [2.24, 2.45) is 0 Å². The fraction of sp³-hybridized carbons (Fsp3) is 0.188. The van der Waals surface area contributed by atoms with Gasteiger partial charge in [-0.05, 0) is 42.3 Å². The molecule has 5 heteroatoms. The maximum absolute atomic E-state index is 13.6. The Morgan fingerprint density at radius 2 is 1.86 bits per heavy atom. The zero-order valence-corrected chi connectivity index (χ0v) is 12.1. The summed E-state index contributed by atoms with van der Waals surface area (Å²) in [5.41, 5.74) is 1.06. The number of carbonyl (C=O) groups is 1. The summed E-state index contributed by atoms with van der Waals surface area (Å²) in [6.45, 7) is 1.78. The number of amides is 1. The van der Waals surface area contributed by atoms with Gasteiger partial charge in [-0.25, -0.2) is 8.78 Å². The molecule has 1 amide bonds. The molecule has 0 saturated carbocycles. The normalized spacial score (nSPS) is 12.0. The van der Waals surface area contributed by atoms with Crippen molar-refractivity contribution in [3.8, 4) is 0 Å². The molecule has 0 saturated heterocycles. The SMILES string of the molecule is C[C@H](NC(=O)Cc1ccc(Cl)cc1F)c1ccc(F)cc1. The van der Waals surface area contributed by atoms with Crippen LogP contribution in [-0.2, 0) is 11.2 Å². The zero-order chi connectivity index (χ0) is 15.4. The van der Waals surface area contributed by atoms with Crippen LogP contribution in [0.15, 0.2) is 42.5 Å². The molecule has 2 nitrogen and oxygen atoms in total. The van der Waals surface area contributed by atoms with Crippen molar-refractivity contribution in [1.82, 2.24) is 5.32 Å². The number of carbonyl (C=O) groups excluding carboxylic acids is 1. The van der Waals surface area contributed by atoms with Gasteiger partial charge in [0.1, 0.15) is 11.6 Å². The molecule has 0 aliphatic heterocycles. The van der Waals surface area contributed by atoms with Crippen molar-refractivity contribution >= 4 is 17.5 Å². The summed E-state index contributed by atoms with van der Waals surface area (Å²) in [4.78, 5) is 11.9. The predicted octanol–water partition coefficient (Wildman–Crippen LogP) is 4.04. The molecule has 1 N–H and O–H groups in total. The average Bonchev–Trinajstić information content (AvgIpc) is 2.42. The van der Waals surface area contributed by atoms with Crippen LogP contribution in [0.5, 0.6) is 0 Å². The van der Waals surface area contributed by atoms with Gasteiger partial charge >= 0.3 is 0 Å². The van der Waals surface area contributed by atoms with Crippen molar-refractivity contribution in [2.75, 3.05) is 0 Å². The molecular weight excluding hydrogens is 296 g/mol. The van der Waals surface area contributed by atoms with Gasteiger partial charge in [-0.15, -0.1) is 0 Å². The minimum Gasteiger partial charge on any atom is -0.349 e. The van der Waals surface area contributed by atoms with Gasteiger partial charge in [0.25, 0.3) is 0 Å². The summed E-state index contributed by atoms with van der Waals surface area (Å²) in [6, 6.07) is 9.78. The second kappa shape index (κ2) is 6.68. The van der Waals surface area contributed by atoms with E-state index in [1.807, 2.05) is 0 Å². The first-order valence-corrected chi connectivity index (χ1v) is 6.82. The molecule has 110 valence electrons. The molecule has 2 aromatic carbocycles. The highest BCUT2D eigenvalue weighted by molar-refractivity contribution is 6.30. The van der Waals surface area contributed by atoms with E-state index in [1.165, 1.54) is 30.3 Å². The molecule has 0 heterocycles. The van der Waals surface area contributed by atoms with Crippen LogP contribution in [0, 0.1) is 11.6 Å². The van der Waals surface area contributed by atoms with E-state index in [1.54, 1.807) is 19.1 Å². The lowest BCUT2D eigenvalue weighted by molar-refractivity contribution is -0.121. The van der Waals surface area contributed by atoms with Crippen molar-refractivity contribution in [3.63, 3.8) is 0 Å². The molecule has 2 rings (SSSR count). The molecule has 21 heavy (non-hydrogen) atoms. The summed E-state index contributed by atoms with van der Waals surface area (Å²) in [7, 11) is 0. The molecule has 0 fully saturated rings. The summed E-state index contributed by atoms with van der Waals surface area (Å²) in [5, 5.41) is 3.03. The molecule has 0 unspecified atom stereocenters. The Bertz CT molecular complexity index is 643. The second-order valence-corrected chi connectivity index (χ2v) is 5.19. The third-order valence-electron chi connectivity index (χ3n) is 3.11. The molecule has 0 bridgehead atoms. The first-order chi connectivity index (χ1) is 9.95. The van der Waals surface area contributed by atoms with Gasteiger partial charge in [-0.2, -0.15) is 0 Å². The smallest absolute Gasteiger partial charge is 0.225 e. The number of halogens is 3. The average molecular weight is 310 g/mol. The summed E-state index contributed by atoms with van der Waals surface area (Å²) in [5.74, 6) is -1.15. The molecule has 0 aliphatic carbocycles. The number of benzene rings is 2. The Morgan fingerprint density at radius 3 is 2.48 bits per heavy atom. The molecule has 0 radical (unpaired) electrons.